The molecule has 2 amide bonds. The van der Waals surface area contributed by atoms with E-state index in [4.69, 9.17) is 9.47 Å². The molecule has 1 fully saturated rings. The topological polar surface area (TPSA) is 114 Å². The molecule has 2 aromatic carbocycles. The van der Waals surface area contributed by atoms with E-state index in [1.807, 2.05) is 0 Å². The number of sulfonamides is 1. The maximum absolute atomic E-state index is 13.4. The average Bonchev–Trinajstić information content (AvgIpc) is 3.39. The number of rotatable bonds is 11. The number of para-hydroxylation sites is 2. The van der Waals surface area contributed by atoms with Crippen molar-refractivity contribution in [3.63, 3.8) is 0 Å². The van der Waals surface area contributed by atoms with Crippen molar-refractivity contribution < 1.29 is 27.5 Å². The van der Waals surface area contributed by atoms with Gasteiger partial charge in [0.15, 0.2) is 0 Å². The summed E-state index contributed by atoms with van der Waals surface area (Å²) >= 11 is 0. The number of benzene rings is 2. The molecule has 1 aliphatic heterocycles. The van der Waals surface area contributed by atoms with Crippen molar-refractivity contribution in [1.29, 1.82) is 0 Å². The standard InChI is InChI=1S/C24H31N3O6S/c1-3-20(24(29)25-16-18-10-9-15-33-18)27(21-13-7-8-14-22(21)32-2)23(28)17-26-34(30,31)19-11-5-4-6-12-19/h4-8,11-14,18,20,26H,3,9-10,15-17H2,1-2H3,(H,25,29)/t18-,20-/m0/s1. The molecule has 3 rings (SSSR count). The second kappa shape index (κ2) is 12.0. The van der Waals surface area contributed by atoms with Crippen molar-refractivity contribution in [2.75, 3.05) is 31.7 Å². The summed E-state index contributed by atoms with van der Waals surface area (Å²) in [7, 11) is -2.44. The molecule has 2 N–H and O–H groups in total. The highest BCUT2D eigenvalue weighted by Crippen LogP contribution is 2.30. The van der Waals surface area contributed by atoms with Crippen LogP contribution in [0.3, 0.4) is 0 Å². The van der Waals surface area contributed by atoms with Gasteiger partial charge in [0.1, 0.15) is 11.8 Å². The third-order valence-electron chi connectivity index (χ3n) is 5.61. The van der Waals surface area contributed by atoms with Gasteiger partial charge in [0.25, 0.3) is 0 Å². The Bertz CT molecular complexity index is 1070. The zero-order valence-corrected chi connectivity index (χ0v) is 20.2. The lowest BCUT2D eigenvalue weighted by atomic mass is 10.1. The van der Waals surface area contributed by atoms with Gasteiger partial charge in [-0.3, -0.25) is 14.5 Å². The van der Waals surface area contributed by atoms with Crippen molar-refractivity contribution in [2.24, 2.45) is 0 Å². The minimum atomic E-state index is -3.91. The summed E-state index contributed by atoms with van der Waals surface area (Å²) in [4.78, 5) is 27.9. The van der Waals surface area contributed by atoms with Gasteiger partial charge in [0.2, 0.25) is 21.8 Å². The highest BCUT2D eigenvalue weighted by molar-refractivity contribution is 7.89. The Morgan fingerprint density at radius 2 is 1.85 bits per heavy atom. The van der Waals surface area contributed by atoms with E-state index in [1.165, 1.54) is 24.1 Å². The summed E-state index contributed by atoms with van der Waals surface area (Å²) in [6.07, 6.45) is 2.08. The number of hydrogen-bond donors (Lipinski definition) is 2. The maximum Gasteiger partial charge on any atom is 0.243 e. The summed E-state index contributed by atoms with van der Waals surface area (Å²) in [6.45, 7) is 2.29. The number of amides is 2. The summed E-state index contributed by atoms with van der Waals surface area (Å²) in [5, 5.41) is 2.88. The largest absolute Gasteiger partial charge is 0.495 e. The Kier molecular flexibility index (Phi) is 9.03. The van der Waals surface area contributed by atoms with E-state index in [0.29, 0.717) is 31.0 Å². The van der Waals surface area contributed by atoms with Gasteiger partial charge in [0.05, 0.1) is 30.3 Å². The molecule has 0 aromatic heterocycles. The van der Waals surface area contributed by atoms with Gasteiger partial charge in [-0.15, -0.1) is 0 Å². The Balaban J connectivity index is 1.83. The van der Waals surface area contributed by atoms with Gasteiger partial charge in [-0.05, 0) is 43.5 Å². The van der Waals surface area contributed by atoms with Crippen molar-refractivity contribution in [2.45, 2.75) is 43.2 Å². The fourth-order valence-electron chi connectivity index (χ4n) is 3.85. The van der Waals surface area contributed by atoms with E-state index in [9.17, 15) is 18.0 Å². The lowest BCUT2D eigenvalue weighted by molar-refractivity contribution is -0.126. The molecule has 9 nitrogen and oxygen atoms in total. The van der Waals surface area contributed by atoms with Gasteiger partial charge in [-0.2, -0.15) is 0 Å². The molecule has 0 unspecified atom stereocenters. The molecule has 184 valence electrons. The van der Waals surface area contributed by atoms with Crippen LogP contribution in [-0.2, 0) is 24.3 Å². The molecule has 0 aliphatic carbocycles. The molecular weight excluding hydrogens is 458 g/mol. The van der Waals surface area contributed by atoms with Crippen LogP contribution in [0.4, 0.5) is 5.69 Å². The van der Waals surface area contributed by atoms with E-state index < -0.39 is 28.5 Å². The van der Waals surface area contributed by atoms with Crippen molar-refractivity contribution in [3.8, 4) is 5.75 Å². The predicted octanol–water partition coefficient (Wildman–Crippen LogP) is 2.08. The number of hydrogen-bond acceptors (Lipinski definition) is 6. The fourth-order valence-corrected chi connectivity index (χ4v) is 4.85. The molecule has 2 atom stereocenters. The molecular formula is C24H31N3O6S. The number of anilines is 1. The van der Waals surface area contributed by atoms with E-state index in [2.05, 4.69) is 10.0 Å². The number of ether oxygens (including phenoxy) is 2. The van der Waals surface area contributed by atoms with Gasteiger partial charge in [-0.25, -0.2) is 13.1 Å². The van der Waals surface area contributed by atoms with Gasteiger partial charge >= 0.3 is 0 Å². The van der Waals surface area contributed by atoms with Crippen LogP contribution < -0.4 is 19.7 Å². The van der Waals surface area contributed by atoms with Crippen LogP contribution in [0.15, 0.2) is 59.5 Å². The Hall–Kier alpha value is -2.95. The lowest BCUT2D eigenvalue weighted by Crippen LogP contribution is -2.53. The van der Waals surface area contributed by atoms with E-state index in [-0.39, 0.29) is 16.9 Å². The summed E-state index contributed by atoms with van der Waals surface area (Å²) in [5.74, 6) is -0.529. The molecule has 2 aromatic rings. The van der Waals surface area contributed by atoms with Crippen molar-refractivity contribution in [3.05, 3.63) is 54.6 Å². The van der Waals surface area contributed by atoms with E-state index in [1.54, 1.807) is 49.4 Å². The molecule has 0 bridgehead atoms. The van der Waals surface area contributed by atoms with Crippen LogP contribution in [-0.4, -0.2) is 59.2 Å². The van der Waals surface area contributed by atoms with Gasteiger partial charge in [0, 0.05) is 13.2 Å². The van der Waals surface area contributed by atoms with Crippen LogP contribution in [0.5, 0.6) is 5.75 Å². The smallest absolute Gasteiger partial charge is 0.243 e. The molecule has 34 heavy (non-hydrogen) atoms. The molecule has 1 heterocycles. The Morgan fingerprint density at radius 1 is 1.15 bits per heavy atom. The van der Waals surface area contributed by atoms with Gasteiger partial charge in [-0.1, -0.05) is 37.3 Å². The van der Waals surface area contributed by atoms with Gasteiger partial charge < -0.3 is 14.8 Å². The van der Waals surface area contributed by atoms with Crippen LogP contribution >= 0.6 is 0 Å². The highest BCUT2D eigenvalue weighted by atomic mass is 32.2. The minimum absolute atomic E-state index is 0.0467. The number of nitrogens with zero attached hydrogens (tertiary/aromatic N) is 1. The van der Waals surface area contributed by atoms with E-state index in [0.717, 1.165) is 12.8 Å². The predicted molar refractivity (Wildman–Crippen MR) is 128 cm³/mol. The van der Waals surface area contributed by atoms with E-state index >= 15 is 0 Å². The first-order valence-electron chi connectivity index (χ1n) is 11.3. The minimum Gasteiger partial charge on any atom is -0.495 e. The molecule has 1 aliphatic rings. The quantitative estimate of drug-likeness (QED) is 0.500. The first-order chi connectivity index (χ1) is 16.4. The number of carbonyl (C=O) groups excluding carboxylic acids is 2. The normalized spacial score (nSPS) is 16.6. The van der Waals surface area contributed by atoms with Crippen molar-refractivity contribution in [1.82, 2.24) is 10.0 Å². The average molecular weight is 490 g/mol. The maximum atomic E-state index is 13.4. The van der Waals surface area contributed by atoms with Crippen LogP contribution in [0, 0.1) is 0 Å². The zero-order valence-electron chi connectivity index (χ0n) is 19.4. The van der Waals surface area contributed by atoms with Crippen molar-refractivity contribution >= 4 is 27.5 Å². The third-order valence-corrected chi connectivity index (χ3v) is 7.03. The second-order valence-electron chi connectivity index (χ2n) is 7.88. The monoisotopic (exact) mass is 489 g/mol. The molecule has 0 saturated carbocycles. The Morgan fingerprint density at radius 3 is 2.50 bits per heavy atom. The van der Waals surface area contributed by atoms with Crippen LogP contribution in [0.25, 0.3) is 0 Å². The SMILES string of the molecule is CC[C@@H](C(=O)NC[C@@H]1CCCO1)N(C(=O)CNS(=O)(=O)c1ccccc1)c1ccccc1OC. The Labute approximate surface area is 200 Å². The number of nitrogens with one attached hydrogen (secondary N) is 2. The molecule has 1 saturated heterocycles. The lowest BCUT2D eigenvalue weighted by Gasteiger charge is -2.31. The fraction of sp³-hybridized carbons (Fsp3) is 0.417. The number of carbonyl (C=O) groups is 2. The summed E-state index contributed by atoms with van der Waals surface area (Å²) in [6, 6.07) is 13.7. The second-order valence-corrected chi connectivity index (χ2v) is 9.64. The first kappa shape index (κ1) is 25.7. The third kappa shape index (κ3) is 6.34. The first-order valence-corrected chi connectivity index (χ1v) is 12.7. The summed E-state index contributed by atoms with van der Waals surface area (Å²) in [5.41, 5.74) is 0.382. The molecule has 0 radical (unpaired) electrons. The molecule has 10 heteroatoms. The summed E-state index contributed by atoms with van der Waals surface area (Å²) < 4.78 is 38.6. The molecule has 0 spiro atoms. The highest BCUT2D eigenvalue weighted by Gasteiger charge is 2.32. The van der Waals surface area contributed by atoms with Crippen LogP contribution in [0.2, 0.25) is 0 Å². The number of methoxy groups -OCH3 is 1. The van der Waals surface area contributed by atoms with Crippen LogP contribution in [0.1, 0.15) is 26.2 Å². The zero-order chi connectivity index (χ0) is 24.6.